The minimum Gasteiger partial charge on any atom is -0.462 e. The number of rotatable bonds is 34. The molecule has 1 rings (SSSR count). The van der Waals surface area contributed by atoms with E-state index in [1.54, 1.807) is 0 Å². The first kappa shape index (κ1) is 48.2. The Labute approximate surface area is 320 Å². The highest BCUT2D eigenvalue weighted by molar-refractivity contribution is 7.46. The Hall–Kier alpha value is -2.81. The Morgan fingerprint density at radius 1 is 0.604 bits per heavy atom. The zero-order valence-corrected chi connectivity index (χ0v) is 33.5. The van der Waals surface area contributed by atoms with Crippen molar-refractivity contribution in [1.29, 1.82) is 0 Å². The quantitative estimate of drug-likeness (QED) is 0.0216. The van der Waals surface area contributed by atoms with Gasteiger partial charge in [0.1, 0.15) is 6.61 Å². The molecule has 0 bridgehead atoms. The zero-order chi connectivity index (χ0) is 38.7. The van der Waals surface area contributed by atoms with Crippen LogP contribution in [0.4, 0.5) is 0 Å². The molecular weight excluding hydrogens is 691 g/mol. The number of hydrogen-bond donors (Lipinski definition) is 2. The van der Waals surface area contributed by atoms with E-state index in [1.807, 2.05) is 6.08 Å². The maximum atomic E-state index is 12.4. The molecule has 0 radical (unpaired) electrons. The molecule has 9 nitrogen and oxygen atoms in total. The molecule has 0 aromatic rings. The Kier molecular flexibility index (Phi) is 30.7. The highest BCUT2D eigenvalue weighted by Crippen LogP contribution is 2.36. The van der Waals surface area contributed by atoms with Gasteiger partial charge in [0.2, 0.25) is 0 Å². The second-order valence-electron chi connectivity index (χ2n) is 13.3. The van der Waals surface area contributed by atoms with E-state index in [0.29, 0.717) is 19.3 Å². The van der Waals surface area contributed by atoms with Crippen LogP contribution in [0.3, 0.4) is 0 Å². The Balaban J connectivity index is 2.16. The summed E-state index contributed by atoms with van der Waals surface area (Å²) in [6.45, 7) is 3.44. The predicted molar refractivity (Wildman–Crippen MR) is 215 cm³/mol. The summed E-state index contributed by atoms with van der Waals surface area (Å²) in [5.41, 5.74) is 0. The van der Waals surface area contributed by atoms with Gasteiger partial charge in [-0.2, -0.15) is 0 Å². The molecule has 300 valence electrons. The molecule has 3 atom stereocenters. The first-order valence-electron chi connectivity index (χ1n) is 20.0. The number of unbranched alkanes of at least 4 members (excludes halogenated alkanes) is 8. The van der Waals surface area contributed by atoms with Crippen molar-refractivity contribution in [3.63, 3.8) is 0 Å². The van der Waals surface area contributed by atoms with Gasteiger partial charge in [-0.25, -0.2) is 4.57 Å². The number of allylic oxidation sites excluding steroid dienone is 12. The van der Waals surface area contributed by atoms with Gasteiger partial charge in [-0.15, -0.1) is 0 Å². The topological polar surface area (TPSA) is 132 Å². The van der Waals surface area contributed by atoms with Gasteiger partial charge < -0.3 is 24.0 Å². The van der Waals surface area contributed by atoms with E-state index in [2.05, 4.69) is 97.4 Å². The van der Waals surface area contributed by atoms with E-state index in [9.17, 15) is 14.2 Å². The number of carbonyl (C=O) groups is 2. The number of hydrogen-bond acceptors (Lipinski definition) is 7. The molecule has 2 unspecified atom stereocenters. The molecule has 2 N–H and O–H groups in total. The largest absolute Gasteiger partial charge is 0.469 e. The van der Waals surface area contributed by atoms with E-state index >= 15 is 0 Å². The summed E-state index contributed by atoms with van der Waals surface area (Å²) in [5.74, 6) is -0.996. The van der Waals surface area contributed by atoms with Gasteiger partial charge in [0.05, 0.1) is 18.8 Å². The van der Waals surface area contributed by atoms with E-state index < -0.39 is 32.5 Å². The van der Waals surface area contributed by atoms with E-state index in [0.717, 1.165) is 77.0 Å². The van der Waals surface area contributed by atoms with Crippen molar-refractivity contribution in [3.8, 4) is 0 Å². The number of ether oxygens (including phenoxy) is 3. The molecule has 10 heteroatoms. The highest BCUT2D eigenvalue weighted by Gasteiger charge is 2.36. The maximum absolute atomic E-state index is 12.4. The lowest BCUT2D eigenvalue weighted by atomic mass is 10.1. The molecule has 0 aromatic heterocycles. The Morgan fingerprint density at radius 3 is 1.70 bits per heavy atom. The second kappa shape index (κ2) is 33.7. The van der Waals surface area contributed by atoms with Crippen molar-refractivity contribution in [2.75, 3.05) is 13.2 Å². The fourth-order valence-corrected chi connectivity index (χ4v) is 5.58. The molecule has 1 aliphatic heterocycles. The molecule has 1 saturated heterocycles. The van der Waals surface area contributed by atoms with E-state index in [4.69, 9.17) is 24.0 Å². The molecule has 0 saturated carbocycles. The second-order valence-corrected chi connectivity index (χ2v) is 14.5. The van der Waals surface area contributed by atoms with Crippen LogP contribution in [0.15, 0.2) is 85.1 Å². The van der Waals surface area contributed by atoms with Crippen LogP contribution in [0.2, 0.25) is 0 Å². The molecule has 1 fully saturated rings. The molecule has 1 heterocycles. The normalized spacial score (nSPS) is 17.2. The smallest absolute Gasteiger partial charge is 0.462 e. The fraction of sp³-hybridized carbons (Fsp3) is 0.628. The number of epoxide rings is 1. The molecule has 53 heavy (non-hydrogen) atoms. The van der Waals surface area contributed by atoms with Crippen LogP contribution in [-0.2, 0) is 32.9 Å². The summed E-state index contributed by atoms with van der Waals surface area (Å²) in [6.07, 6.45) is 47.6. The van der Waals surface area contributed by atoms with E-state index in [1.165, 1.54) is 19.3 Å². The van der Waals surface area contributed by atoms with Crippen molar-refractivity contribution in [2.24, 2.45) is 0 Å². The number of phosphoric ester groups is 1. The van der Waals surface area contributed by atoms with Crippen molar-refractivity contribution >= 4 is 19.8 Å². The zero-order valence-electron chi connectivity index (χ0n) is 32.6. The highest BCUT2D eigenvalue weighted by atomic mass is 31.2. The van der Waals surface area contributed by atoms with Gasteiger partial charge in [0, 0.05) is 12.8 Å². The third-order valence-electron chi connectivity index (χ3n) is 8.30. The minimum absolute atomic E-state index is 0.117. The number of carbonyl (C=O) groups excluding carboxylic acids is 2. The summed E-state index contributed by atoms with van der Waals surface area (Å²) in [5, 5.41) is 0. The summed E-state index contributed by atoms with van der Waals surface area (Å²) in [4.78, 5) is 42.8. The van der Waals surface area contributed by atoms with Gasteiger partial charge in [-0.1, -0.05) is 125 Å². The average Bonchev–Trinajstić information content (AvgIpc) is 3.88. The van der Waals surface area contributed by atoms with Crippen molar-refractivity contribution in [2.45, 2.75) is 161 Å². The van der Waals surface area contributed by atoms with Crippen LogP contribution in [0.25, 0.3) is 0 Å². The third-order valence-corrected chi connectivity index (χ3v) is 8.79. The molecule has 0 spiro atoms. The summed E-state index contributed by atoms with van der Waals surface area (Å²) in [7, 11) is -4.79. The molecule has 0 aromatic carbocycles. The molecule has 1 aliphatic rings. The Morgan fingerprint density at radius 2 is 1.09 bits per heavy atom. The van der Waals surface area contributed by atoms with Crippen molar-refractivity contribution in [3.05, 3.63) is 85.1 Å². The standard InChI is InChI=1S/C43H69O9P/c1-3-5-7-9-11-13-14-15-16-17-18-19-20-22-24-26-31-35-42(44)49-37-39(38-50-53(46,47)48)51-43(45)36-32-28-27-30-34-41-40(52-41)33-29-25-23-21-12-10-8-6-4-2/h5,7,11-13,15-16,18-19,21,25,27,29-30,39-41H,3-4,6,8-10,14,17,20,22-24,26,28,31-38H2,1-2H3,(H2,46,47,48)/b7-5-,13-11-,16-15-,19-18-,21-12-,29-25-,30-27-/t39-,40?,41?/m1/s1. The van der Waals surface area contributed by atoms with Crippen LogP contribution in [0.1, 0.15) is 142 Å². The van der Waals surface area contributed by atoms with Gasteiger partial charge in [-0.05, 0) is 89.9 Å². The summed E-state index contributed by atoms with van der Waals surface area (Å²) in [6, 6.07) is 0. The van der Waals surface area contributed by atoms with Crippen molar-refractivity contribution in [1.82, 2.24) is 0 Å². The molecule has 0 amide bonds. The molecule has 0 aliphatic carbocycles. The Bertz CT molecular complexity index is 1190. The predicted octanol–water partition coefficient (Wildman–Crippen LogP) is 11.1. The van der Waals surface area contributed by atoms with Gasteiger partial charge >= 0.3 is 19.8 Å². The number of esters is 2. The van der Waals surface area contributed by atoms with Crippen LogP contribution in [0.5, 0.6) is 0 Å². The lowest BCUT2D eigenvalue weighted by Crippen LogP contribution is -2.29. The van der Waals surface area contributed by atoms with Crippen LogP contribution in [0, 0.1) is 0 Å². The maximum Gasteiger partial charge on any atom is 0.469 e. The monoisotopic (exact) mass is 760 g/mol. The lowest BCUT2D eigenvalue weighted by Gasteiger charge is -2.18. The third kappa shape index (κ3) is 33.5. The van der Waals surface area contributed by atoms with Gasteiger partial charge in [-0.3, -0.25) is 14.1 Å². The fourth-order valence-electron chi connectivity index (χ4n) is 5.22. The van der Waals surface area contributed by atoms with Gasteiger partial charge in [0.15, 0.2) is 6.10 Å². The lowest BCUT2D eigenvalue weighted by molar-refractivity contribution is -0.161. The summed E-state index contributed by atoms with van der Waals surface area (Å²) < 4.78 is 32.0. The van der Waals surface area contributed by atoms with E-state index in [-0.39, 0.29) is 31.7 Å². The van der Waals surface area contributed by atoms with Crippen molar-refractivity contribution < 1.29 is 42.7 Å². The SMILES string of the molecule is CC/C=C\C/C=C\C/C=C\C/C=C\CCCCCCC(=O)OC[C@H](COP(=O)(O)O)OC(=O)CCC/C=C\CC1OC1C/C=C\C/C=C\CCCCC. The van der Waals surface area contributed by atoms with Crippen LogP contribution >= 0.6 is 7.82 Å². The number of phosphoric acid groups is 1. The van der Waals surface area contributed by atoms with Gasteiger partial charge in [0.25, 0.3) is 0 Å². The first-order valence-corrected chi connectivity index (χ1v) is 21.5. The summed E-state index contributed by atoms with van der Waals surface area (Å²) >= 11 is 0. The first-order chi connectivity index (χ1) is 25.7. The minimum atomic E-state index is -4.79. The van der Waals surface area contributed by atoms with Crippen LogP contribution in [-0.4, -0.2) is 53.3 Å². The molecular formula is C43H69O9P. The van der Waals surface area contributed by atoms with Crippen LogP contribution < -0.4 is 0 Å². The average molecular weight is 761 g/mol.